The minimum atomic E-state index is -0.298. The maximum absolute atomic E-state index is 12.6. The third kappa shape index (κ3) is 5.19. The van der Waals surface area contributed by atoms with Crippen molar-refractivity contribution in [3.63, 3.8) is 0 Å². The van der Waals surface area contributed by atoms with Gasteiger partial charge < -0.3 is 20.3 Å². The molecule has 0 aliphatic carbocycles. The number of carbonyl (C=O) groups is 3. The molecule has 1 aromatic carbocycles. The molecule has 1 aliphatic heterocycles. The monoisotopic (exact) mass is 381 g/mol. The molecule has 1 aliphatic rings. The molecule has 0 radical (unpaired) electrons. The van der Waals surface area contributed by atoms with Crippen LogP contribution in [0.3, 0.4) is 0 Å². The fraction of sp³-hybridized carbons (Fsp3) is 0.500. The summed E-state index contributed by atoms with van der Waals surface area (Å²) < 4.78 is 5.01. The number of hydrogen-bond donors (Lipinski definition) is 2. The molecule has 0 spiro atoms. The third-order valence-electron chi connectivity index (χ3n) is 4.25. The number of ether oxygens (including phenoxy) is 1. The van der Waals surface area contributed by atoms with E-state index in [0.29, 0.717) is 55.4 Å². The zero-order valence-corrected chi connectivity index (χ0v) is 15.8. The first-order valence-corrected chi connectivity index (χ1v) is 8.99. The second-order valence-corrected chi connectivity index (χ2v) is 6.52. The van der Waals surface area contributed by atoms with E-state index in [9.17, 15) is 14.4 Å². The number of methoxy groups -OCH3 is 1. The topological polar surface area (TPSA) is 87.7 Å². The molecule has 0 aromatic heterocycles. The molecule has 0 bridgehead atoms. The molecule has 1 heterocycles. The zero-order valence-electron chi connectivity index (χ0n) is 15.0. The molecule has 2 N–H and O–H groups in total. The van der Waals surface area contributed by atoms with Crippen molar-refractivity contribution >= 4 is 35.0 Å². The van der Waals surface area contributed by atoms with E-state index in [4.69, 9.17) is 16.3 Å². The largest absolute Gasteiger partial charge is 0.383 e. The van der Waals surface area contributed by atoms with Gasteiger partial charge in [-0.2, -0.15) is 0 Å². The van der Waals surface area contributed by atoms with Gasteiger partial charge in [-0.15, -0.1) is 0 Å². The lowest BCUT2D eigenvalue weighted by Gasteiger charge is -2.31. The van der Waals surface area contributed by atoms with Gasteiger partial charge in [0.2, 0.25) is 11.8 Å². The Morgan fingerprint density at radius 1 is 1.38 bits per heavy atom. The minimum absolute atomic E-state index is 0.0381. The van der Waals surface area contributed by atoms with Crippen LogP contribution < -0.4 is 10.6 Å². The summed E-state index contributed by atoms with van der Waals surface area (Å²) in [5.41, 5.74) is 0.813. The lowest BCUT2D eigenvalue weighted by atomic mass is 9.96. The van der Waals surface area contributed by atoms with Crippen LogP contribution in [0.25, 0.3) is 0 Å². The predicted octanol–water partition coefficient (Wildman–Crippen LogP) is 1.91. The highest BCUT2D eigenvalue weighted by Gasteiger charge is 2.30. The highest BCUT2D eigenvalue weighted by atomic mass is 35.5. The number of likely N-dealkylation sites (tertiary alicyclic amines) is 1. The first-order chi connectivity index (χ1) is 12.5. The maximum atomic E-state index is 12.6. The number of halogens is 1. The van der Waals surface area contributed by atoms with Gasteiger partial charge in [-0.05, 0) is 31.5 Å². The second-order valence-electron chi connectivity index (χ2n) is 6.11. The zero-order chi connectivity index (χ0) is 19.1. The Kier molecular flexibility index (Phi) is 7.41. The van der Waals surface area contributed by atoms with Crippen molar-refractivity contribution in [1.82, 2.24) is 10.2 Å². The Hall–Kier alpha value is -2.12. The van der Waals surface area contributed by atoms with E-state index in [2.05, 4.69) is 10.6 Å². The molecule has 26 heavy (non-hydrogen) atoms. The smallest absolute Gasteiger partial charge is 0.252 e. The molecule has 3 amide bonds. The minimum Gasteiger partial charge on any atom is -0.383 e. The Balaban J connectivity index is 2.04. The number of carbonyl (C=O) groups excluding carboxylic acids is 3. The van der Waals surface area contributed by atoms with Crippen molar-refractivity contribution in [2.45, 2.75) is 19.8 Å². The van der Waals surface area contributed by atoms with Crippen LogP contribution in [0.1, 0.15) is 30.1 Å². The van der Waals surface area contributed by atoms with Crippen molar-refractivity contribution in [3.8, 4) is 0 Å². The van der Waals surface area contributed by atoms with Crippen LogP contribution in [0, 0.1) is 5.92 Å². The van der Waals surface area contributed by atoms with Gasteiger partial charge in [0.25, 0.3) is 5.91 Å². The van der Waals surface area contributed by atoms with Gasteiger partial charge in [0, 0.05) is 38.9 Å². The summed E-state index contributed by atoms with van der Waals surface area (Å²) >= 11 is 6.07. The molecule has 1 atom stereocenters. The normalized spacial score (nSPS) is 17.1. The van der Waals surface area contributed by atoms with Crippen molar-refractivity contribution in [3.05, 3.63) is 28.8 Å². The fourth-order valence-corrected chi connectivity index (χ4v) is 3.03. The molecular weight excluding hydrogens is 358 g/mol. The number of hydrogen-bond acceptors (Lipinski definition) is 4. The predicted molar refractivity (Wildman–Crippen MR) is 99.3 cm³/mol. The average molecular weight is 382 g/mol. The standard InChI is InChI=1S/C18H24ClN3O4/c1-3-20-18(25)14-10-13(5-6-15(14)19)21-17(24)12-4-7-16(23)22(11-12)8-9-26-2/h5-6,10,12H,3-4,7-9,11H2,1-2H3,(H,20,25)(H,21,24). The van der Waals surface area contributed by atoms with Crippen LogP contribution in [0.15, 0.2) is 18.2 Å². The van der Waals surface area contributed by atoms with Gasteiger partial charge in [0.1, 0.15) is 0 Å². The highest BCUT2D eigenvalue weighted by Crippen LogP contribution is 2.23. The summed E-state index contributed by atoms with van der Waals surface area (Å²) in [7, 11) is 1.57. The molecule has 7 nitrogen and oxygen atoms in total. The van der Waals surface area contributed by atoms with Gasteiger partial charge in [-0.25, -0.2) is 0 Å². The third-order valence-corrected chi connectivity index (χ3v) is 4.58. The summed E-state index contributed by atoms with van der Waals surface area (Å²) in [6, 6.07) is 4.79. The van der Waals surface area contributed by atoms with Crippen LogP contribution in [0.2, 0.25) is 5.02 Å². The number of anilines is 1. The van der Waals surface area contributed by atoms with Crippen molar-refractivity contribution in [2.75, 3.05) is 38.7 Å². The number of amides is 3. The van der Waals surface area contributed by atoms with Crippen molar-refractivity contribution in [1.29, 1.82) is 0 Å². The Morgan fingerprint density at radius 2 is 2.15 bits per heavy atom. The van der Waals surface area contributed by atoms with Crippen molar-refractivity contribution in [2.24, 2.45) is 5.92 Å². The summed E-state index contributed by atoms with van der Waals surface area (Å²) in [4.78, 5) is 38.2. The average Bonchev–Trinajstić information content (AvgIpc) is 2.62. The SMILES string of the molecule is CCNC(=O)c1cc(NC(=O)C2CCC(=O)N(CCOC)C2)ccc1Cl. The Labute approximate surface area is 158 Å². The van der Waals surface area contributed by atoms with Crippen LogP contribution in [-0.4, -0.2) is 56.0 Å². The van der Waals surface area contributed by atoms with Gasteiger partial charge in [0.05, 0.1) is 23.1 Å². The van der Waals surface area contributed by atoms with Crippen LogP contribution in [0.5, 0.6) is 0 Å². The highest BCUT2D eigenvalue weighted by molar-refractivity contribution is 6.34. The number of nitrogens with one attached hydrogen (secondary N) is 2. The Bertz CT molecular complexity index is 680. The quantitative estimate of drug-likeness (QED) is 0.755. The number of nitrogens with zero attached hydrogens (tertiary/aromatic N) is 1. The summed E-state index contributed by atoms with van der Waals surface area (Å²) in [5, 5.41) is 5.83. The molecule has 1 fully saturated rings. The lowest BCUT2D eigenvalue weighted by Crippen LogP contribution is -2.45. The van der Waals surface area contributed by atoms with E-state index in [0.717, 1.165) is 0 Å². The van der Waals surface area contributed by atoms with E-state index in [-0.39, 0.29) is 23.6 Å². The van der Waals surface area contributed by atoms with E-state index in [1.165, 1.54) is 0 Å². The van der Waals surface area contributed by atoms with E-state index < -0.39 is 0 Å². The summed E-state index contributed by atoms with van der Waals surface area (Å²) in [6.45, 7) is 3.58. The summed E-state index contributed by atoms with van der Waals surface area (Å²) in [6.07, 6.45) is 0.845. The molecule has 1 unspecified atom stereocenters. The molecule has 8 heteroatoms. The first kappa shape index (κ1) is 20.2. The van der Waals surface area contributed by atoms with Gasteiger partial charge in [0.15, 0.2) is 0 Å². The number of piperidine rings is 1. The second kappa shape index (κ2) is 9.54. The molecule has 142 valence electrons. The van der Waals surface area contributed by atoms with Crippen molar-refractivity contribution < 1.29 is 19.1 Å². The van der Waals surface area contributed by atoms with Gasteiger partial charge >= 0.3 is 0 Å². The number of rotatable bonds is 7. The first-order valence-electron chi connectivity index (χ1n) is 8.61. The maximum Gasteiger partial charge on any atom is 0.252 e. The molecule has 1 saturated heterocycles. The molecule has 0 saturated carbocycles. The van der Waals surface area contributed by atoms with Crippen LogP contribution in [-0.2, 0) is 14.3 Å². The van der Waals surface area contributed by atoms with Crippen LogP contribution in [0.4, 0.5) is 5.69 Å². The van der Waals surface area contributed by atoms with Gasteiger partial charge in [-0.3, -0.25) is 14.4 Å². The van der Waals surface area contributed by atoms with E-state index in [1.54, 1.807) is 30.2 Å². The molecule has 1 aromatic rings. The molecular formula is C18H24ClN3O4. The summed E-state index contributed by atoms with van der Waals surface area (Å²) in [5.74, 6) is -0.726. The van der Waals surface area contributed by atoms with Crippen LogP contribution >= 0.6 is 11.6 Å². The van der Waals surface area contributed by atoms with E-state index in [1.807, 2.05) is 6.92 Å². The Morgan fingerprint density at radius 3 is 2.85 bits per heavy atom. The fourth-order valence-electron chi connectivity index (χ4n) is 2.82. The number of benzene rings is 1. The van der Waals surface area contributed by atoms with E-state index >= 15 is 0 Å². The molecule has 2 rings (SSSR count). The lowest BCUT2D eigenvalue weighted by molar-refractivity contribution is -0.137. The van der Waals surface area contributed by atoms with Gasteiger partial charge in [-0.1, -0.05) is 11.6 Å².